The molecular formula is C26H21ClFN5O3. The number of fused-ring (bicyclic) bond motifs is 1. The van der Waals surface area contributed by atoms with Gasteiger partial charge in [0.15, 0.2) is 17.5 Å². The third-order valence-electron chi connectivity index (χ3n) is 5.65. The van der Waals surface area contributed by atoms with Crippen LogP contribution in [-0.2, 0) is 6.54 Å². The van der Waals surface area contributed by atoms with Crippen LogP contribution in [0.5, 0.6) is 11.5 Å². The standard InChI is InChI=1S/C26H21ClFN5O3/c1-35-17-10-7-15(8-11-17)14-33-23(25-29-19-5-3-4-6-20(19)30-25)22(28)24(32-33)31-26(34)16-9-12-21(36-2)18(27)13-16/h3-13H,14H2,1-2H3,(H,29,30)(H,31,32,34). The second kappa shape index (κ2) is 9.71. The molecule has 0 unspecified atom stereocenters. The minimum absolute atomic E-state index is 0.116. The van der Waals surface area contributed by atoms with E-state index in [2.05, 4.69) is 20.4 Å². The number of carbonyl (C=O) groups is 1. The number of nitrogens with one attached hydrogen (secondary N) is 2. The fourth-order valence-corrected chi connectivity index (χ4v) is 4.07. The molecule has 0 bridgehead atoms. The Bertz CT molecular complexity index is 1530. The third kappa shape index (κ3) is 4.48. The Hall–Kier alpha value is -4.37. The molecule has 8 nitrogen and oxygen atoms in total. The lowest BCUT2D eigenvalue weighted by Crippen LogP contribution is -2.13. The molecule has 0 saturated heterocycles. The highest BCUT2D eigenvalue weighted by atomic mass is 35.5. The molecule has 0 atom stereocenters. The van der Waals surface area contributed by atoms with E-state index < -0.39 is 11.7 Å². The summed E-state index contributed by atoms with van der Waals surface area (Å²) >= 11 is 6.15. The zero-order valence-corrected chi connectivity index (χ0v) is 20.1. The first kappa shape index (κ1) is 23.4. The minimum atomic E-state index is -0.712. The van der Waals surface area contributed by atoms with Crippen LogP contribution in [0.25, 0.3) is 22.6 Å². The van der Waals surface area contributed by atoms with E-state index >= 15 is 4.39 Å². The molecule has 1 amide bonds. The highest BCUT2D eigenvalue weighted by Gasteiger charge is 2.24. The third-order valence-corrected chi connectivity index (χ3v) is 5.94. The molecule has 2 aromatic heterocycles. The number of imidazole rings is 1. The van der Waals surface area contributed by atoms with Gasteiger partial charge in [-0.1, -0.05) is 35.9 Å². The summed E-state index contributed by atoms with van der Waals surface area (Å²) in [5, 5.41) is 7.19. The van der Waals surface area contributed by atoms with Crippen LogP contribution in [0.2, 0.25) is 5.02 Å². The van der Waals surface area contributed by atoms with E-state index in [1.807, 2.05) is 48.5 Å². The summed E-state index contributed by atoms with van der Waals surface area (Å²) in [5.41, 5.74) is 2.64. The number of hydrogen-bond acceptors (Lipinski definition) is 5. The lowest BCUT2D eigenvalue weighted by Gasteiger charge is -2.07. The largest absolute Gasteiger partial charge is 0.497 e. The van der Waals surface area contributed by atoms with Crippen molar-refractivity contribution < 1.29 is 18.7 Å². The first-order chi connectivity index (χ1) is 17.5. The predicted octanol–water partition coefficient (Wildman–Crippen LogP) is 5.54. The molecule has 5 aromatic rings. The number of aromatic amines is 1. The Morgan fingerprint density at radius 3 is 2.56 bits per heavy atom. The normalized spacial score (nSPS) is 11.0. The maximum atomic E-state index is 15.8. The number of hydrogen-bond donors (Lipinski definition) is 2. The van der Waals surface area contributed by atoms with Gasteiger partial charge in [0.25, 0.3) is 5.91 Å². The van der Waals surface area contributed by atoms with E-state index in [0.717, 1.165) is 11.1 Å². The van der Waals surface area contributed by atoms with E-state index in [-0.39, 0.29) is 28.6 Å². The van der Waals surface area contributed by atoms with Gasteiger partial charge in [0.1, 0.15) is 17.2 Å². The van der Waals surface area contributed by atoms with Crippen molar-refractivity contribution in [3.8, 4) is 23.0 Å². The van der Waals surface area contributed by atoms with Crippen molar-refractivity contribution in [1.82, 2.24) is 19.7 Å². The number of amides is 1. The maximum absolute atomic E-state index is 15.8. The molecule has 0 spiro atoms. The lowest BCUT2D eigenvalue weighted by molar-refractivity contribution is 0.102. The van der Waals surface area contributed by atoms with Crippen LogP contribution in [0.3, 0.4) is 0 Å². The quantitative estimate of drug-likeness (QED) is 0.303. The van der Waals surface area contributed by atoms with Crippen LogP contribution in [0, 0.1) is 5.82 Å². The Balaban J connectivity index is 1.53. The lowest BCUT2D eigenvalue weighted by atomic mass is 10.2. The van der Waals surface area contributed by atoms with Crippen molar-refractivity contribution in [2.45, 2.75) is 6.54 Å². The molecule has 0 fully saturated rings. The summed E-state index contributed by atoms with van der Waals surface area (Å²) in [6.07, 6.45) is 0. The van der Waals surface area contributed by atoms with Crippen molar-refractivity contribution in [3.63, 3.8) is 0 Å². The van der Waals surface area contributed by atoms with E-state index in [1.54, 1.807) is 13.2 Å². The van der Waals surface area contributed by atoms with Crippen molar-refractivity contribution in [1.29, 1.82) is 0 Å². The van der Waals surface area contributed by atoms with Crippen molar-refractivity contribution in [2.75, 3.05) is 19.5 Å². The SMILES string of the molecule is COc1ccc(Cn2nc(NC(=O)c3ccc(OC)c(Cl)c3)c(F)c2-c2nc3ccccc3[nH]2)cc1. The van der Waals surface area contributed by atoms with E-state index in [0.29, 0.717) is 22.8 Å². The van der Waals surface area contributed by atoms with Crippen LogP contribution >= 0.6 is 11.6 Å². The number of nitrogens with zero attached hydrogens (tertiary/aromatic N) is 3. The van der Waals surface area contributed by atoms with Gasteiger partial charge in [-0.05, 0) is 48.0 Å². The van der Waals surface area contributed by atoms with Crippen molar-refractivity contribution in [2.24, 2.45) is 0 Å². The van der Waals surface area contributed by atoms with Crippen LogP contribution in [0.1, 0.15) is 15.9 Å². The Morgan fingerprint density at radius 2 is 1.86 bits per heavy atom. The molecule has 0 aliphatic heterocycles. The molecule has 3 aromatic carbocycles. The second-order valence-electron chi connectivity index (χ2n) is 7.92. The van der Waals surface area contributed by atoms with E-state index in [1.165, 1.54) is 23.9 Å². The molecule has 182 valence electrons. The minimum Gasteiger partial charge on any atom is -0.497 e. The number of aromatic nitrogens is 4. The number of anilines is 1. The fourth-order valence-electron chi connectivity index (χ4n) is 3.82. The van der Waals surface area contributed by atoms with Gasteiger partial charge in [0.2, 0.25) is 0 Å². The number of para-hydroxylation sites is 2. The summed E-state index contributed by atoms with van der Waals surface area (Å²) in [6.45, 7) is 0.234. The number of methoxy groups -OCH3 is 2. The molecular weight excluding hydrogens is 485 g/mol. The molecule has 2 heterocycles. The topological polar surface area (TPSA) is 94.1 Å². The van der Waals surface area contributed by atoms with Gasteiger partial charge >= 0.3 is 0 Å². The monoisotopic (exact) mass is 505 g/mol. The number of H-pyrrole nitrogens is 1. The maximum Gasteiger partial charge on any atom is 0.256 e. The van der Waals surface area contributed by atoms with Gasteiger partial charge in [0.05, 0.1) is 36.8 Å². The molecule has 36 heavy (non-hydrogen) atoms. The summed E-state index contributed by atoms with van der Waals surface area (Å²) in [4.78, 5) is 20.6. The second-order valence-corrected chi connectivity index (χ2v) is 8.33. The zero-order valence-electron chi connectivity index (χ0n) is 19.4. The molecule has 10 heteroatoms. The van der Waals surface area contributed by atoms with Crippen LogP contribution in [0.15, 0.2) is 66.7 Å². The van der Waals surface area contributed by atoms with Crippen LogP contribution in [-0.4, -0.2) is 39.9 Å². The highest BCUT2D eigenvalue weighted by Crippen LogP contribution is 2.30. The van der Waals surface area contributed by atoms with Crippen molar-refractivity contribution >= 4 is 34.4 Å². The van der Waals surface area contributed by atoms with Gasteiger partial charge in [0, 0.05) is 5.56 Å². The number of rotatable bonds is 7. The van der Waals surface area contributed by atoms with Gasteiger partial charge in [-0.25, -0.2) is 9.37 Å². The van der Waals surface area contributed by atoms with Gasteiger partial charge in [-0.3, -0.25) is 9.48 Å². The summed E-state index contributed by atoms with van der Waals surface area (Å²) < 4.78 is 27.6. The summed E-state index contributed by atoms with van der Waals surface area (Å²) in [7, 11) is 3.06. The number of ether oxygens (including phenoxy) is 2. The van der Waals surface area contributed by atoms with Crippen LogP contribution < -0.4 is 14.8 Å². The average molecular weight is 506 g/mol. The van der Waals surface area contributed by atoms with E-state index in [9.17, 15) is 4.79 Å². The molecule has 0 aliphatic carbocycles. The van der Waals surface area contributed by atoms with Crippen LogP contribution in [0.4, 0.5) is 10.2 Å². The predicted molar refractivity (Wildman–Crippen MR) is 135 cm³/mol. The number of halogens is 2. The summed E-state index contributed by atoms with van der Waals surface area (Å²) in [5.74, 6) is -0.0813. The van der Waals surface area contributed by atoms with Gasteiger partial charge in [-0.15, -0.1) is 0 Å². The Kier molecular flexibility index (Phi) is 6.30. The first-order valence-corrected chi connectivity index (χ1v) is 11.3. The van der Waals surface area contributed by atoms with Crippen molar-refractivity contribution in [3.05, 3.63) is 88.7 Å². The first-order valence-electron chi connectivity index (χ1n) is 11.0. The Morgan fingerprint density at radius 1 is 1.08 bits per heavy atom. The number of benzene rings is 3. The van der Waals surface area contributed by atoms with Gasteiger partial charge < -0.3 is 19.8 Å². The molecule has 2 N–H and O–H groups in total. The smallest absolute Gasteiger partial charge is 0.256 e. The molecule has 0 saturated carbocycles. The molecule has 0 radical (unpaired) electrons. The average Bonchev–Trinajstić information content (AvgIpc) is 3.44. The molecule has 0 aliphatic rings. The van der Waals surface area contributed by atoms with Gasteiger partial charge in [-0.2, -0.15) is 5.10 Å². The number of carbonyl (C=O) groups excluding carboxylic acids is 1. The zero-order chi connectivity index (χ0) is 25.2. The highest BCUT2D eigenvalue weighted by molar-refractivity contribution is 6.32. The summed E-state index contributed by atoms with van der Waals surface area (Å²) in [6, 6.07) is 19.3. The Labute approximate surface area is 210 Å². The fraction of sp³-hybridized carbons (Fsp3) is 0.115. The van der Waals surface area contributed by atoms with E-state index in [4.69, 9.17) is 21.1 Å². The molecule has 5 rings (SSSR count).